The van der Waals surface area contributed by atoms with Crippen LogP contribution in [0.5, 0.6) is 5.88 Å². The van der Waals surface area contributed by atoms with Crippen molar-refractivity contribution in [1.82, 2.24) is 9.97 Å². The molecule has 1 aromatic heterocycles. The first kappa shape index (κ1) is 12.9. The van der Waals surface area contributed by atoms with Crippen LogP contribution in [0, 0.1) is 0 Å². The van der Waals surface area contributed by atoms with Gasteiger partial charge in [0.2, 0.25) is 5.88 Å². The summed E-state index contributed by atoms with van der Waals surface area (Å²) in [5.74, 6) is 0.587. The van der Waals surface area contributed by atoms with Crippen molar-refractivity contribution in [3.63, 3.8) is 0 Å². The van der Waals surface area contributed by atoms with Gasteiger partial charge in [-0.15, -0.1) is 0 Å². The van der Waals surface area contributed by atoms with Crippen LogP contribution >= 0.6 is 0 Å². The second kappa shape index (κ2) is 5.49. The largest absolute Gasteiger partial charge is 0.493 e. The average Bonchev–Trinajstić information content (AvgIpc) is 2.93. The van der Waals surface area contributed by atoms with Crippen molar-refractivity contribution in [3.05, 3.63) is 57.6 Å². The van der Waals surface area contributed by atoms with E-state index in [1.165, 1.54) is 0 Å². The Morgan fingerprint density at radius 2 is 1.90 bits per heavy atom. The van der Waals surface area contributed by atoms with Crippen LogP contribution in [0.1, 0.15) is 48.6 Å². The number of benzene rings is 1. The van der Waals surface area contributed by atoms with E-state index in [-0.39, 0.29) is 17.4 Å². The van der Waals surface area contributed by atoms with Crippen molar-refractivity contribution in [2.24, 2.45) is 0 Å². The summed E-state index contributed by atoms with van der Waals surface area (Å²) in [6.45, 7) is 0. The number of nitrogens with zero attached hydrogens (tertiary/aromatic N) is 1. The number of H-pyrrole nitrogens is 1. The van der Waals surface area contributed by atoms with Crippen molar-refractivity contribution in [3.8, 4) is 5.88 Å². The summed E-state index contributed by atoms with van der Waals surface area (Å²) >= 11 is 0. The molecule has 1 aromatic carbocycles. The first-order valence-corrected chi connectivity index (χ1v) is 7.10. The highest BCUT2D eigenvalue weighted by atomic mass is 16.3. The molecule has 0 unspecified atom stereocenters. The Morgan fingerprint density at radius 3 is 2.55 bits per heavy atom. The molecule has 1 fully saturated rings. The third-order valence-electron chi connectivity index (χ3n) is 3.96. The van der Waals surface area contributed by atoms with Crippen molar-refractivity contribution >= 4 is 0 Å². The Bertz CT molecular complexity index is 643. The molecule has 0 amide bonds. The minimum Gasteiger partial charge on any atom is -0.493 e. The van der Waals surface area contributed by atoms with Gasteiger partial charge < -0.3 is 10.1 Å². The molecule has 1 saturated carbocycles. The van der Waals surface area contributed by atoms with Gasteiger partial charge in [-0.1, -0.05) is 43.2 Å². The first-order valence-electron chi connectivity index (χ1n) is 7.10. The quantitative estimate of drug-likeness (QED) is 0.901. The predicted molar refractivity (Wildman–Crippen MR) is 77.0 cm³/mol. The maximum atomic E-state index is 12.2. The molecule has 4 nitrogen and oxygen atoms in total. The average molecular weight is 270 g/mol. The number of aromatic nitrogens is 2. The predicted octanol–water partition coefficient (Wildman–Crippen LogP) is 2.72. The van der Waals surface area contributed by atoms with Gasteiger partial charge in [-0.2, -0.15) is 4.98 Å². The van der Waals surface area contributed by atoms with Gasteiger partial charge in [-0.3, -0.25) is 4.79 Å². The fraction of sp³-hybridized carbons (Fsp3) is 0.375. The third-order valence-corrected chi connectivity index (χ3v) is 3.96. The summed E-state index contributed by atoms with van der Waals surface area (Å²) in [6.07, 6.45) is 4.70. The van der Waals surface area contributed by atoms with Crippen LogP contribution in [0.3, 0.4) is 0 Å². The second-order valence-corrected chi connectivity index (χ2v) is 5.39. The van der Waals surface area contributed by atoms with Gasteiger partial charge in [-0.25, -0.2) is 0 Å². The van der Waals surface area contributed by atoms with E-state index in [2.05, 4.69) is 9.97 Å². The molecular formula is C16H18N2O2. The smallest absolute Gasteiger partial charge is 0.258 e. The Kier molecular flexibility index (Phi) is 3.54. The molecule has 3 rings (SSSR count). The van der Waals surface area contributed by atoms with E-state index in [1.54, 1.807) is 0 Å². The number of hydrogen-bond donors (Lipinski definition) is 2. The standard InChI is InChI=1S/C16H18N2O2/c19-15-14(12-8-4-5-9-12)16(20)18-13(17-15)10-11-6-2-1-3-7-11/h1-3,6-7,12H,4-5,8-10H2,(H2,17,18,19,20). The number of hydrogen-bond acceptors (Lipinski definition) is 3. The number of aromatic hydroxyl groups is 1. The highest BCUT2D eigenvalue weighted by Crippen LogP contribution is 2.35. The minimum atomic E-state index is -0.185. The molecule has 0 atom stereocenters. The fourth-order valence-electron chi connectivity index (χ4n) is 2.97. The van der Waals surface area contributed by atoms with E-state index in [1.807, 2.05) is 30.3 Å². The zero-order valence-electron chi connectivity index (χ0n) is 11.3. The van der Waals surface area contributed by atoms with Gasteiger partial charge in [0.15, 0.2) is 0 Å². The van der Waals surface area contributed by atoms with Crippen LogP contribution in [-0.4, -0.2) is 15.1 Å². The molecule has 1 heterocycles. The molecule has 4 heteroatoms. The Balaban J connectivity index is 1.90. The van der Waals surface area contributed by atoms with Crippen molar-refractivity contribution in [2.75, 3.05) is 0 Å². The Hall–Kier alpha value is -2.10. The maximum Gasteiger partial charge on any atom is 0.258 e. The molecule has 104 valence electrons. The Morgan fingerprint density at radius 1 is 1.20 bits per heavy atom. The van der Waals surface area contributed by atoms with Crippen LogP contribution in [-0.2, 0) is 6.42 Å². The molecule has 20 heavy (non-hydrogen) atoms. The molecule has 0 spiro atoms. The lowest BCUT2D eigenvalue weighted by atomic mass is 10.00. The Labute approximate surface area is 117 Å². The van der Waals surface area contributed by atoms with Gasteiger partial charge in [0.1, 0.15) is 5.82 Å². The van der Waals surface area contributed by atoms with Crippen molar-refractivity contribution in [1.29, 1.82) is 0 Å². The molecule has 2 N–H and O–H groups in total. The van der Waals surface area contributed by atoms with Crippen LogP contribution in [0.25, 0.3) is 0 Å². The highest BCUT2D eigenvalue weighted by Gasteiger charge is 2.24. The minimum absolute atomic E-state index is 0.0911. The molecule has 0 radical (unpaired) electrons. The summed E-state index contributed by atoms with van der Waals surface area (Å²) < 4.78 is 0. The summed E-state index contributed by atoms with van der Waals surface area (Å²) in [7, 11) is 0. The molecule has 0 saturated heterocycles. The topological polar surface area (TPSA) is 66.0 Å². The van der Waals surface area contributed by atoms with E-state index in [0.717, 1.165) is 31.2 Å². The highest BCUT2D eigenvalue weighted by molar-refractivity contribution is 5.29. The van der Waals surface area contributed by atoms with Gasteiger partial charge in [0, 0.05) is 6.42 Å². The van der Waals surface area contributed by atoms with Crippen molar-refractivity contribution < 1.29 is 5.11 Å². The molecule has 2 aromatic rings. The molecule has 1 aliphatic rings. The van der Waals surface area contributed by atoms with Crippen LogP contribution < -0.4 is 5.56 Å². The first-order chi connectivity index (χ1) is 9.74. The lowest BCUT2D eigenvalue weighted by Crippen LogP contribution is -2.19. The van der Waals surface area contributed by atoms with E-state index >= 15 is 0 Å². The van der Waals surface area contributed by atoms with E-state index in [9.17, 15) is 9.90 Å². The van der Waals surface area contributed by atoms with E-state index in [0.29, 0.717) is 17.8 Å². The van der Waals surface area contributed by atoms with E-state index < -0.39 is 0 Å². The zero-order chi connectivity index (χ0) is 13.9. The monoisotopic (exact) mass is 270 g/mol. The SMILES string of the molecule is O=c1[nH]c(Cc2ccccc2)nc(O)c1C1CCCC1. The molecule has 1 aliphatic carbocycles. The van der Waals surface area contributed by atoms with Crippen molar-refractivity contribution in [2.45, 2.75) is 38.0 Å². The second-order valence-electron chi connectivity index (χ2n) is 5.39. The zero-order valence-corrected chi connectivity index (χ0v) is 11.3. The number of rotatable bonds is 3. The van der Waals surface area contributed by atoms with Crippen LogP contribution in [0.15, 0.2) is 35.1 Å². The maximum absolute atomic E-state index is 12.2. The van der Waals surface area contributed by atoms with Gasteiger partial charge in [0.25, 0.3) is 5.56 Å². The molecule has 0 aliphatic heterocycles. The lowest BCUT2D eigenvalue weighted by Gasteiger charge is -2.11. The summed E-state index contributed by atoms with van der Waals surface area (Å²) in [5, 5.41) is 10.1. The van der Waals surface area contributed by atoms with E-state index in [4.69, 9.17) is 0 Å². The normalized spacial score (nSPS) is 15.6. The molecular weight excluding hydrogens is 252 g/mol. The number of aromatic amines is 1. The number of nitrogens with one attached hydrogen (secondary N) is 1. The van der Waals surface area contributed by atoms with Gasteiger partial charge in [0.05, 0.1) is 5.56 Å². The van der Waals surface area contributed by atoms with Gasteiger partial charge in [-0.05, 0) is 24.3 Å². The van der Waals surface area contributed by atoms with Gasteiger partial charge >= 0.3 is 0 Å². The third kappa shape index (κ3) is 2.59. The summed E-state index contributed by atoms with van der Waals surface area (Å²) in [5.41, 5.74) is 1.35. The summed E-state index contributed by atoms with van der Waals surface area (Å²) in [6, 6.07) is 9.78. The van der Waals surface area contributed by atoms with Crippen LogP contribution in [0.4, 0.5) is 0 Å². The van der Waals surface area contributed by atoms with Crippen LogP contribution in [0.2, 0.25) is 0 Å². The lowest BCUT2D eigenvalue weighted by molar-refractivity contribution is 0.432. The molecule has 0 bridgehead atoms. The summed E-state index contributed by atoms with van der Waals surface area (Å²) in [4.78, 5) is 19.2. The fourth-order valence-corrected chi connectivity index (χ4v) is 2.97.